The summed E-state index contributed by atoms with van der Waals surface area (Å²) in [4.78, 5) is 32.2. The summed E-state index contributed by atoms with van der Waals surface area (Å²) in [5, 5.41) is 1.41. The number of methoxy groups -OCH3 is 1. The van der Waals surface area contributed by atoms with Crippen LogP contribution in [0.2, 0.25) is 0 Å². The molecule has 2 N–H and O–H groups in total. The summed E-state index contributed by atoms with van der Waals surface area (Å²) < 4.78 is 7.00. The minimum absolute atomic E-state index is 0.0175. The number of amides is 1. The molecular formula is C25H23N3O3S2. The molecule has 0 bridgehead atoms. The number of benzene rings is 2. The van der Waals surface area contributed by atoms with E-state index in [1.807, 2.05) is 36.4 Å². The lowest BCUT2D eigenvalue weighted by Gasteiger charge is -2.14. The van der Waals surface area contributed by atoms with Crippen LogP contribution in [0.3, 0.4) is 0 Å². The molecule has 2 aromatic heterocycles. The van der Waals surface area contributed by atoms with E-state index in [0.29, 0.717) is 16.5 Å². The number of aromatic nitrogens is 2. The van der Waals surface area contributed by atoms with Gasteiger partial charge in [-0.25, -0.2) is 4.98 Å². The lowest BCUT2D eigenvalue weighted by Crippen LogP contribution is -2.22. The van der Waals surface area contributed by atoms with E-state index < -0.39 is 5.91 Å². The van der Waals surface area contributed by atoms with Crippen molar-refractivity contribution in [1.82, 2.24) is 9.55 Å². The van der Waals surface area contributed by atoms with Crippen LogP contribution in [0.15, 0.2) is 58.5 Å². The largest absolute Gasteiger partial charge is 0.497 e. The molecule has 0 saturated heterocycles. The first-order chi connectivity index (χ1) is 16.0. The zero-order valence-electron chi connectivity index (χ0n) is 18.2. The van der Waals surface area contributed by atoms with E-state index in [-0.39, 0.29) is 5.56 Å². The van der Waals surface area contributed by atoms with Crippen molar-refractivity contribution in [3.8, 4) is 11.4 Å². The monoisotopic (exact) mass is 477 g/mol. The average Bonchev–Trinajstić information content (AvgIpc) is 3.22. The van der Waals surface area contributed by atoms with Gasteiger partial charge < -0.3 is 10.5 Å². The van der Waals surface area contributed by atoms with Gasteiger partial charge in [-0.05, 0) is 73.2 Å². The lowest BCUT2D eigenvalue weighted by atomic mass is 9.97. The molecule has 0 radical (unpaired) electrons. The summed E-state index contributed by atoms with van der Waals surface area (Å²) in [5.41, 5.74) is 8.76. The lowest BCUT2D eigenvalue weighted by molar-refractivity contribution is 0.100. The maximum Gasteiger partial charge on any atom is 0.267 e. The SMILES string of the molecule is COc1ccc(-n2c(SCc3ccc(C(N)=O)cc3)nc3sc4c(c3c2=O)CCCC4)cc1. The summed E-state index contributed by atoms with van der Waals surface area (Å²) in [5.74, 6) is 0.895. The quantitative estimate of drug-likeness (QED) is 0.321. The minimum Gasteiger partial charge on any atom is -0.497 e. The van der Waals surface area contributed by atoms with Gasteiger partial charge in [-0.3, -0.25) is 14.2 Å². The number of carbonyl (C=O) groups is 1. The molecule has 0 aliphatic heterocycles. The Morgan fingerprint density at radius 3 is 2.55 bits per heavy atom. The Bertz CT molecular complexity index is 1390. The molecule has 0 fully saturated rings. The van der Waals surface area contributed by atoms with Crippen molar-refractivity contribution in [2.45, 2.75) is 36.6 Å². The first kappa shape index (κ1) is 21.7. The normalized spacial score (nSPS) is 13.1. The Kier molecular flexibility index (Phi) is 5.95. The van der Waals surface area contributed by atoms with Gasteiger partial charge in [-0.1, -0.05) is 23.9 Å². The highest BCUT2D eigenvalue weighted by atomic mass is 32.2. The number of nitrogens with zero attached hydrogens (tertiary/aromatic N) is 2. The van der Waals surface area contributed by atoms with E-state index in [1.54, 1.807) is 35.1 Å². The Morgan fingerprint density at radius 2 is 1.85 bits per heavy atom. The number of nitrogens with two attached hydrogens (primary N) is 1. The van der Waals surface area contributed by atoms with E-state index in [0.717, 1.165) is 52.9 Å². The summed E-state index contributed by atoms with van der Waals surface area (Å²) in [7, 11) is 1.62. The fourth-order valence-electron chi connectivity index (χ4n) is 4.16. The number of rotatable bonds is 6. The van der Waals surface area contributed by atoms with E-state index >= 15 is 0 Å². The maximum atomic E-state index is 13.8. The molecule has 0 atom stereocenters. The zero-order valence-corrected chi connectivity index (χ0v) is 19.8. The molecule has 4 aromatic rings. The van der Waals surface area contributed by atoms with E-state index in [4.69, 9.17) is 15.5 Å². The summed E-state index contributed by atoms with van der Waals surface area (Å²) in [6, 6.07) is 14.7. The molecule has 168 valence electrons. The standard InChI is InChI=1S/C25H23N3O3S2/c1-31-18-12-10-17(11-13-18)28-24(30)21-19-4-2-3-5-20(19)33-23(21)27-25(28)32-14-15-6-8-16(9-7-15)22(26)29/h6-13H,2-5,14H2,1H3,(H2,26,29). The van der Waals surface area contributed by atoms with Crippen LogP contribution in [0, 0.1) is 0 Å². The molecule has 0 unspecified atom stereocenters. The highest BCUT2D eigenvalue weighted by Crippen LogP contribution is 2.35. The van der Waals surface area contributed by atoms with Crippen molar-refractivity contribution in [2.24, 2.45) is 5.73 Å². The van der Waals surface area contributed by atoms with Crippen molar-refractivity contribution in [2.75, 3.05) is 7.11 Å². The number of carbonyl (C=O) groups excluding carboxylic acids is 1. The van der Waals surface area contributed by atoms with E-state index in [1.165, 1.54) is 22.2 Å². The summed E-state index contributed by atoms with van der Waals surface area (Å²) in [6.07, 6.45) is 4.23. The molecule has 1 aliphatic rings. The third kappa shape index (κ3) is 4.16. The number of hydrogen-bond donors (Lipinski definition) is 1. The number of ether oxygens (including phenoxy) is 1. The predicted octanol–water partition coefficient (Wildman–Crippen LogP) is 4.73. The van der Waals surface area contributed by atoms with Gasteiger partial charge in [-0.15, -0.1) is 11.3 Å². The van der Waals surface area contributed by atoms with Crippen molar-refractivity contribution < 1.29 is 9.53 Å². The van der Waals surface area contributed by atoms with Gasteiger partial charge in [-0.2, -0.15) is 0 Å². The second-order valence-electron chi connectivity index (χ2n) is 7.97. The van der Waals surface area contributed by atoms with Crippen LogP contribution in [-0.2, 0) is 18.6 Å². The van der Waals surface area contributed by atoms with Gasteiger partial charge in [0.15, 0.2) is 5.16 Å². The molecule has 1 amide bonds. The Morgan fingerprint density at radius 1 is 1.12 bits per heavy atom. The zero-order chi connectivity index (χ0) is 22.9. The van der Waals surface area contributed by atoms with Crippen LogP contribution in [-0.4, -0.2) is 22.6 Å². The Hall–Kier alpha value is -3.10. The van der Waals surface area contributed by atoms with Crippen LogP contribution in [0.4, 0.5) is 0 Å². The molecule has 1 aliphatic carbocycles. The van der Waals surface area contributed by atoms with Gasteiger partial charge in [0, 0.05) is 16.2 Å². The molecule has 6 nitrogen and oxygen atoms in total. The highest BCUT2D eigenvalue weighted by molar-refractivity contribution is 7.98. The molecule has 0 saturated carbocycles. The number of hydrogen-bond acceptors (Lipinski definition) is 6. The van der Waals surface area contributed by atoms with Crippen LogP contribution in [0.5, 0.6) is 5.75 Å². The predicted molar refractivity (Wildman–Crippen MR) is 133 cm³/mol. The van der Waals surface area contributed by atoms with Gasteiger partial charge in [0.05, 0.1) is 18.2 Å². The molecule has 33 heavy (non-hydrogen) atoms. The maximum absolute atomic E-state index is 13.8. The number of fused-ring (bicyclic) bond motifs is 3. The Balaban J connectivity index is 1.59. The molecule has 8 heteroatoms. The summed E-state index contributed by atoms with van der Waals surface area (Å²) in [6.45, 7) is 0. The average molecular weight is 478 g/mol. The molecule has 5 rings (SSSR count). The topological polar surface area (TPSA) is 87.2 Å². The van der Waals surface area contributed by atoms with Crippen molar-refractivity contribution in [3.05, 3.63) is 80.5 Å². The molecule has 2 aromatic carbocycles. The van der Waals surface area contributed by atoms with Gasteiger partial charge in [0.25, 0.3) is 5.56 Å². The highest BCUT2D eigenvalue weighted by Gasteiger charge is 2.23. The smallest absolute Gasteiger partial charge is 0.267 e. The number of thioether (sulfide) groups is 1. The second kappa shape index (κ2) is 9.03. The number of primary amides is 1. The Labute approximate surface area is 199 Å². The van der Waals surface area contributed by atoms with Crippen molar-refractivity contribution >= 4 is 39.2 Å². The van der Waals surface area contributed by atoms with Crippen molar-refractivity contribution in [3.63, 3.8) is 0 Å². The number of aryl methyl sites for hydroxylation is 2. The van der Waals surface area contributed by atoms with Gasteiger partial charge in [0.2, 0.25) is 5.91 Å². The fourth-order valence-corrected chi connectivity index (χ4v) is 6.43. The molecular weight excluding hydrogens is 454 g/mol. The second-order valence-corrected chi connectivity index (χ2v) is 10.00. The van der Waals surface area contributed by atoms with Crippen LogP contribution in [0.25, 0.3) is 15.9 Å². The molecule has 0 spiro atoms. The van der Waals surface area contributed by atoms with E-state index in [9.17, 15) is 9.59 Å². The van der Waals surface area contributed by atoms with Gasteiger partial charge >= 0.3 is 0 Å². The van der Waals surface area contributed by atoms with Crippen LogP contribution < -0.4 is 16.0 Å². The number of thiophene rings is 1. The third-order valence-corrected chi connectivity index (χ3v) is 8.09. The van der Waals surface area contributed by atoms with Crippen LogP contribution in [0.1, 0.15) is 39.2 Å². The first-order valence-corrected chi connectivity index (χ1v) is 12.6. The van der Waals surface area contributed by atoms with Gasteiger partial charge in [0.1, 0.15) is 10.6 Å². The molecule has 2 heterocycles. The van der Waals surface area contributed by atoms with E-state index in [2.05, 4.69) is 0 Å². The van der Waals surface area contributed by atoms with Crippen molar-refractivity contribution in [1.29, 1.82) is 0 Å². The fraction of sp³-hybridized carbons (Fsp3) is 0.240. The van der Waals surface area contributed by atoms with Crippen LogP contribution >= 0.6 is 23.1 Å². The third-order valence-electron chi connectivity index (χ3n) is 5.90. The minimum atomic E-state index is -0.448. The first-order valence-electron chi connectivity index (χ1n) is 10.8. The summed E-state index contributed by atoms with van der Waals surface area (Å²) >= 11 is 3.16.